The van der Waals surface area contributed by atoms with E-state index < -0.39 is 0 Å². The highest BCUT2D eigenvalue weighted by Gasteiger charge is 2.21. The standard InChI is InChI=1S/C15H26BrN3/c1-3-10-19-15(13(16)11-18-19)14(17-2)9-8-12-6-4-5-7-12/h11-12,14,17H,3-10H2,1-2H3. The molecule has 1 aromatic heterocycles. The number of hydrogen-bond donors (Lipinski definition) is 1. The average Bonchev–Trinajstić information content (AvgIpc) is 3.03. The van der Waals surface area contributed by atoms with Crippen molar-refractivity contribution in [3.63, 3.8) is 0 Å². The predicted octanol–water partition coefficient (Wildman–Crippen LogP) is 4.29. The van der Waals surface area contributed by atoms with Gasteiger partial charge in [0.1, 0.15) is 0 Å². The fraction of sp³-hybridized carbons (Fsp3) is 0.800. The van der Waals surface area contributed by atoms with Crippen LogP contribution >= 0.6 is 15.9 Å². The first-order chi connectivity index (χ1) is 9.26. The quantitative estimate of drug-likeness (QED) is 0.809. The van der Waals surface area contributed by atoms with Crippen LogP contribution in [0, 0.1) is 5.92 Å². The molecule has 2 rings (SSSR count). The lowest BCUT2D eigenvalue weighted by Gasteiger charge is -2.20. The Bertz CT molecular complexity index is 383. The van der Waals surface area contributed by atoms with E-state index in [-0.39, 0.29) is 0 Å². The molecule has 1 aromatic rings. The van der Waals surface area contributed by atoms with Crippen molar-refractivity contribution in [3.05, 3.63) is 16.4 Å². The molecule has 19 heavy (non-hydrogen) atoms. The summed E-state index contributed by atoms with van der Waals surface area (Å²) in [6.07, 6.45) is 11.4. The molecule has 0 aliphatic heterocycles. The van der Waals surface area contributed by atoms with Crippen LogP contribution in [0.5, 0.6) is 0 Å². The molecular formula is C15H26BrN3. The average molecular weight is 328 g/mol. The molecular weight excluding hydrogens is 302 g/mol. The Morgan fingerprint density at radius 2 is 2.21 bits per heavy atom. The molecule has 1 N–H and O–H groups in total. The number of hydrogen-bond acceptors (Lipinski definition) is 2. The Morgan fingerprint density at radius 1 is 1.47 bits per heavy atom. The van der Waals surface area contributed by atoms with Crippen molar-refractivity contribution in [1.29, 1.82) is 0 Å². The molecule has 1 atom stereocenters. The Balaban J connectivity index is 2.01. The van der Waals surface area contributed by atoms with E-state index in [1.807, 2.05) is 6.20 Å². The highest BCUT2D eigenvalue weighted by atomic mass is 79.9. The van der Waals surface area contributed by atoms with E-state index >= 15 is 0 Å². The van der Waals surface area contributed by atoms with Gasteiger partial charge in [-0.15, -0.1) is 0 Å². The lowest BCUT2D eigenvalue weighted by Crippen LogP contribution is -2.21. The van der Waals surface area contributed by atoms with Crippen LogP contribution in [0.2, 0.25) is 0 Å². The zero-order valence-electron chi connectivity index (χ0n) is 12.2. The number of aryl methyl sites for hydroxylation is 1. The maximum atomic E-state index is 4.48. The van der Waals surface area contributed by atoms with Crippen molar-refractivity contribution in [2.75, 3.05) is 7.05 Å². The number of aromatic nitrogens is 2. The Labute approximate surface area is 125 Å². The third kappa shape index (κ3) is 3.82. The van der Waals surface area contributed by atoms with Crippen LogP contribution in [0.25, 0.3) is 0 Å². The lowest BCUT2D eigenvalue weighted by molar-refractivity contribution is 0.406. The predicted molar refractivity (Wildman–Crippen MR) is 83.2 cm³/mol. The zero-order chi connectivity index (χ0) is 13.7. The summed E-state index contributed by atoms with van der Waals surface area (Å²) in [5.74, 6) is 0.956. The van der Waals surface area contributed by atoms with Crippen LogP contribution in [0.15, 0.2) is 10.7 Å². The normalized spacial score (nSPS) is 18.1. The van der Waals surface area contributed by atoms with Crippen LogP contribution < -0.4 is 5.32 Å². The van der Waals surface area contributed by atoms with E-state index in [1.54, 1.807) is 0 Å². The molecule has 1 saturated carbocycles. The molecule has 0 aromatic carbocycles. The van der Waals surface area contributed by atoms with E-state index in [1.165, 1.54) is 44.2 Å². The zero-order valence-corrected chi connectivity index (χ0v) is 13.7. The lowest BCUT2D eigenvalue weighted by atomic mass is 9.97. The molecule has 108 valence electrons. The SMILES string of the molecule is CCCn1ncc(Br)c1C(CCC1CCCC1)NC. The van der Waals surface area contributed by atoms with Crippen molar-refractivity contribution < 1.29 is 0 Å². The molecule has 0 amide bonds. The maximum absolute atomic E-state index is 4.48. The third-order valence-corrected chi connectivity index (χ3v) is 4.90. The molecule has 1 aliphatic rings. The first-order valence-electron chi connectivity index (χ1n) is 7.64. The molecule has 1 unspecified atom stereocenters. The summed E-state index contributed by atoms with van der Waals surface area (Å²) in [6, 6.07) is 0.420. The van der Waals surface area contributed by atoms with Crippen LogP contribution in [0.4, 0.5) is 0 Å². The second-order valence-corrected chi connectivity index (χ2v) is 6.52. The molecule has 1 aliphatic carbocycles. The monoisotopic (exact) mass is 327 g/mol. The fourth-order valence-corrected chi connectivity index (χ4v) is 3.80. The molecule has 3 nitrogen and oxygen atoms in total. The van der Waals surface area contributed by atoms with Crippen LogP contribution in [-0.4, -0.2) is 16.8 Å². The molecule has 0 radical (unpaired) electrons. The van der Waals surface area contributed by atoms with Gasteiger partial charge in [0.15, 0.2) is 0 Å². The Kier molecular flexibility index (Phi) is 5.89. The number of halogens is 1. The third-order valence-electron chi connectivity index (χ3n) is 4.29. The van der Waals surface area contributed by atoms with E-state index in [2.05, 4.69) is 45.0 Å². The molecule has 1 fully saturated rings. The topological polar surface area (TPSA) is 29.9 Å². The second kappa shape index (κ2) is 7.44. The molecule has 0 bridgehead atoms. The van der Waals surface area contributed by atoms with Gasteiger partial charge in [0.05, 0.1) is 22.4 Å². The summed E-state index contributed by atoms with van der Waals surface area (Å²) in [4.78, 5) is 0. The maximum Gasteiger partial charge on any atom is 0.0695 e. The van der Waals surface area contributed by atoms with Gasteiger partial charge in [-0.1, -0.05) is 32.6 Å². The summed E-state index contributed by atoms with van der Waals surface area (Å²) < 4.78 is 3.30. The molecule has 4 heteroatoms. The van der Waals surface area contributed by atoms with Crippen LogP contribution in [0.1, 0.15) is 63.6 Å². The number of nitrogens with one attached hydrogen (secondary N) is 1. The summed E-state index contributed by atoms with van der Waals surface area (Å²) in [7, 11) is 2.06. The van der Waals surface area contributed by atoms with Crippen molar-refractivity contribution in [2.45, 2.75) is 64.5 Å². The van der Waals surface area contributed by atoms with Gasteiger partial charge in [-0.2, -0.15) is 5.10 Å². The van der Waals surface area contributed by atoms with Gasteiger partial charge >= 0.3 is 0 Å². The van der Waals surface area contributed by atoms with Crippen molar-refractivity contribution in [2.24, 2.45) is 5.92 Å². The van der Waals surface area contributed by atoms with E-state index in [0.29, 0.717) is 6.04 Å². The van der Waals surface area contributed by atoms with E-state index in [9.17, 15) is 0 Å². The Morgan fingerprint density at radius 3 is 2.84 bits per heavy atom. The minimum absolute atomic E-state index is 0.420. The fourth-order valence-electron chi connectivity index (χ4n) is 3.23. The van der Waals surface area contributed by atoms with Crippen molar-refractivity contribution in [1.82, 2.24) is 15.1 Å². The van der Waals surface area contributed by atoms with Gasteiger partial charge in [0.25, 0.3) is 0 Å². The second-order valence-electron chi connectivity index (χ2n) is 5.67. The smallest absolute Gasteiger partial charge is 0.0695 e. The molecule has 0 spiro atoms. The van der Waals surface area contributed by atoms with Crippen molar-refractivity contribution >= 4 is 15.9 Å². The summed E-state index contributed by atoms with van der Waals surface area (Å²) >= 11 is 3.66. The van der Waals surface area contributed by atoms with E-state index in [0.717, 1.165) is 23.4 Å². The van der Waals surface area contributed by atoms with E-state index in [4.69, 9.17) is 0 Å². The minimum atomic E-state index is 0.420. The number of rotatable bonds is 7. The minimum Gasteiger partial charge on any atom is -0.312 e. The van der Waals surface area contributed by atoms with Gasteiger partial charge in [-0.05, 0) is 48.2 Å². The molecule has 0 saturated heterocycles. The highest BCUT2D eigenvalue weighted by Crippen LogP contribution is 2.33. The Hall–Kier alpha value is -0.350. The van der Waals surface area contributed by atoms with Gasteiger partial charge in [0, 0.05) is 6.54 Å². The van der Waals surface area contributed by atoms with Gasteiger partial charge in [-0.25, -0.2) is 0 Å². The first kappa shape index (κ1) is 15.0. The number of nitrogens with zero attached hydrogens (tertiary/aromatic N) is 2. The summed E-state index contributed by atoms with van der Waals surface area (Å²) in [6.45, 7) is 3.20. The van der Waals surface area contributed by atoms with Gasteiger partial charge in [0.2, 0.25) is 0 Å². The summed E-state index contributed by atoms with van der Waals surface area (Å²) in [5, 5.41) is 7.96. The highest BCUT2D eigenvalue weighted by molar-refractivity contribution is 9.10. The summed E-state index contributed by atoms with van der Waals surface area (Å²) in [5.41, 5.74) is 1.32. The molecule has 1 heterocycles. The van der Waals surface area contributed by atoms with Crippen molar-refractivity contribution in [3.8, 4) is 0 Å². The largest absolute Gasteiger partial charge is 0.312 e. The van der Waals surface area contributed by atoms with Gasteiger partial charge in [-0.3, -0.25) is 4.68 Å². The van der Waals surface area contributed by atoms with Crippen LogP contribution in [-0.2, 0) is 6.54 Å². The van der Waals surface area contributed by atoms with Crippen LogP contribution in [0.3, 0.4) is 0 Å². The van der Waals surface area contributed by atoms with Gasteiger partial charge < -0.3 is 5.32 Å². The first-order valence-corrected chi connectivity index (χ1v) is 8.44.